The fourth-order valence-corrected chi connectivity index (χ4v) is 2.58. The lowest BCUT2D eigenvalue weighted by molar-refractivity contribution is -0.100. The Kier molecular flexibility index (Phi) is 5.67. The first-order valence-corrected chi connectivity index (χ1v) is 7.93. The highest BCUT2D eigenvalue weighted by Gasteiger charge is 2.40. The number of nitrogens with two attached hydrogens (primary N) is 1. The smallest absolute Gasteiger partial charge is 0.174 e. The quantitative estimate of drug-likeness (QED) is 0.775. The van der Waals surface area contributed by atoms with Gasteiger partial charge in [-0.15, -0.1) is 0 Å². The van der Waals surface area contributed by atoms with E-state index in [-0.39, 0.29) is 42.2 Å². The molecule has 0 amide bonds. The number of aliphatic hydroxyl groups excluding tert-OH is 1. The van der Waals surface area contributed by atoms with Crippen LogP contribution in [0.1, 0.15) is 34.1 Å². The summed E-state index contributed by atoms with van der Waals surface area (Å²) in [4.78, 5) is 5.71. The fraction of sp³-hybridized carbons (Fsp3) is 0.688. The number of amidine groups is 1. The molecule has 2 heterocycles. The average molecular weight is 325 g/mol. The third-order valence-electron chi connectivity index (χ3n) is 3.60. The van der Waals surface area contributed by atoms with Gasteiger partial charge >= 0.3 is 0 Å². The highest BCUT2D eigenvalue weighted by Crippen LogP contribution is 2.31. The van der Waals surface area contributed by atoms with E-state index >= 15 is 0 Å². The van der Waals surface area contributed by atoms with E-state index in [1.807, 2.05) is 27.7 Å². The monoisotopic (exact) mass is 325 g/mol. The van der Waals surface area contributed by atoms with Crippen molar-refractivity contribution in [1.82, 2.24) is 4.90 Å². The van der Waals surface area contributed by atoms with Gasteiger partial charge in [0.25, 0.3) is 0 Å². The molecule has 1 unspecified atom stereocenters. The maximum atomic E-state index is 9.79. The zero-order valence-electron chi connectivity index (χ0n) is 14.2. The van der Waals surface area contributed by atoms with Crippen LogP contribution in [0.25, 0.3) is 0 Å². The second kappa shape index (κ2) is 7.33. The average Bonchev–Trinajstić information content (AvgIpc) is 2.82. The molecule has 1 saturated heterocycles. The van der Waals surface area contributed by atoms with E-state index in [9.17, 15) is 5.11 Å². The molecule has 0 bridgehead atoms. The summed E-state index contributed by atoms with van der Waals surface area (Å²) in [5.74, 6) is 0.391. The Morgan fingerprint density at radius 2 is 2.13 bits per heavy atom. The van der Waals surface area contributed by atoms with Gasteiger partial charge in [0.1, 0.15) is 18.2 Å². The Bertz CT molecular complexity index is 502. The van der Waals surface area contributed by atoms with Gasteiger partial charge in [-0.05, 0) is 27.7 Å². The van der Waals surface area contributed by atoms with Crippen LogP contribution >= 0.6 is 0 Å². The molecule has 2 aliphatic rings. The fourth-order valence-electron chi connectivity index (χ4n) is 2.58. The maximum absolute atomic E-state index is 9.79. The van der Waals surface area contributed by atoms with Crippen LogP contribution in [-0.4, -0.2) is 53.1 Å². The first kappa shape index (κ1) is 17.8. The van der Waals surface area contributed by atoms with Crippen molar-refractivity contribution in [1.29, 1.82) is 0 Å². The van der Waals surface area contributed by atoms with E-state index < -0.39 is 0 Å². The molecular weight excluding hydrogens is 298 g/mol. The van der Waals surface area contributed by atoms with E-state index in [2.05, 4.69) is 11.6 Å². The Balaban J connectivity index is 2.08. The number of hydrogen-bond donors (Lipinski definition) is 2. The van der Waals surface area contributed by atoms with Gasteiger partial charge in [-0.25, -0.2) is 4.99 Å². The summed E-state index contributed by atoms with van der Waals surface area (Å²) < 4.78 is 17.7. The molecule has 0 radical (unpaired) electrons. The SMILES string of the molecule is C=C1N=C(N)C(O)=CN1[C@H]1CC(OC(C)C)[C@@H](COC(C)C)O1. The molecular formula is C16H27N3O4. The molecule has 3 N–H and O–H groups in total. The zero-order valence-corrected chi connectivity index (χ0v) is 14.2. The number of rotatable bonds is 6. The Hall–Kier alpha value is -1.57. The van der Waals surface area contributed by atoms with Gasteiger partial charge in [0, 0.05) is 6.42 Å². The topological polar surface area (TPSA) is 89.5 Å². The second-order valence-corrected chi connectivity index (χ2v) is 6.31. The number of hydrogen-bond acceptors (Lipinski definition) is 7. The van der Waals surface area contributed by atoms with Crippen molar-refractivity contribution in [2.75, 3.05) is 6.61 Å². The summed E-state index contributed by atoms with van der Waals surface area (Å²) in [6.07, 6.45) is 1.73. The third-order valence-corrected chi connectivity index (χ3v) is 3.60. The lowest BCUT2D eigenvalue weighted by Crippen LogP contribution is -2.35. The summed E-state index contributed by atoms with van der Waals surface area (Å²) >= 11 is 0. The zero-order chi connectivity index (χ0) is 17.1. The van der Waals surface area contributed by atoms with Crippen LogP contribution in [0.4, 0.5) is 0 Å². The number of nitrogens with zero attached hydrogens (tertiary/aromatic N) is 2. The van der Waals surface area contributed by atoms with Gasteiger partial charge in [-0.1, -0.05) is 6.58 Å². The van der Waals surface area contributed by atoms with Crippen LogP contribution in [0.5, 0.6) is 0 Å². The molecule has 0 aromatic heterocycles. The first-order chi connectivity index (χ1) is 10.8. The van der Waals surface area contributed by atoms with E-state index in [1.54, 1.807) is 4.90 Å². The molecule has 130 valence electrons. The molecule has 3 atom stereocenters. The molecule has 2 rings (SSSR count). The van der Waals surface area contributed by atoms with Gasteiger partial charge in [0.05, 0.1) is 31.1 Å². The van der Waals surface area contributed by atoms with Crippen molar-refractivity contribution < 1.29 is 19.3 Å². The van der Waals surface area contributed by atoms with Crippen LogP contribution in [0.15, 0.2) is 29.4 Å². The Morgan fingerprint density at radius 1 is 1.43 bits per heavy atom. The minimum atomic E-state index is -0.328. The van der Waals surface area contributed by atoms with Crippen molar-refractivity contribution in [3.8, 4) is 0 Å². The third kappa shape index (κ3) is 4.46. The minimum absolute atomic E-state index is 0.0546. The molecule has 23 heavy (non-hydrogen) atoms. The predicted octanol–water partition coefficient (Wildman–Crippen LogP) is 1.86. The van der Waals surface area contributed by atoms with Crippen molar-refractivity contribution in [2.45, 2.75) is 64.8 Å². The number of aliphatic imine (C=N–C) groups is 1. The lowest BCUT2D eigenvalue weighted by Gasteiger charge is -2.29. The van der Waals surface area contributed by atoms with Crippen LogP contribution in [0, 0.1) is 0 Å². The van der Waals surface area contributed by atoms with E-state index in [4.69, 9.17) is 19.9 Å². The van der Waals surface area contributed by atoms with Gasteiger partial charge in [0.2, 0.25) is 0 Å². The molecule has 7 nitrogen and oxygen atoms in total. The van der Waals surface area contributed by atoms with Crippen molar-refractivity contribution in [3.05, 3.63) is 24.4 Å². The molecule has 7 heteroatoms. The maximum Gasteiger partial charge on any atom is 0.174 e. The molecule has 1 fully saturated rings. The summed E-state index contributed by atoms with van der Waals surface area (Å²) in [5, 5.41) is 9.79. The first-order valence-electron chi connectivity index (χ1n) is 7.93. The highest BCUT2D eigenvalue weighted by molar-refractivity contribution is 5.95. The van der Waals surface area contributed by atoms with E-state index in [0.717, 1.165) is 0 Å². The van der Waals surface area contributed by atoms with Gasteiger partial charge in [0.15, 0.2) is 11.6 Å². The Morgan fingerprint density at radius 3 is 2.74 bits per heavy atom. The standard InChI is InChI=1S/C16H27N3O4/c1-9(2)21-8-14-13(22-10(3)4)6-15(23-14)19-7-12(20)16(17)18-11(19)5/h7,9-10,13-15,20H,5-6,8H2,1-4H3,(H2,17,18)/t13?,14-,15-/m1/s1. The molecule has 0 spiro atoms. The molecule has 2 aliphatic heterocycles. The summed E-state index contributed by atoms with van der Waals surface area (Å²) in [7, 11) is 0. The largest absolute Gasteiger partial charge is 0.503 e. The van der Waals surface area contributed by atoms with Crippen LogP contribution in [0.3, 0.4) is 0 Å². The van der Waals surface area contributed by atoms with Crippen LogP contribution in [-0.2, 0) is 14.2 Å². The van der Waals surface area contributed by atoms with Gasteiger partial charge in [-0.2, -0.15) is 0 Å². The normalized spacial score (nSPS) is 28.5. The predicted molar refractivity (Wildman–Crippen MR) is 87.7 cm³/mol. The van der Waals surface area contributed by atoms with E-state index in [0.29, 0.717) is 18.8 Å². The minimum Gasteiger partial charge on any atom is -0.503 e. The summed E-state index contributed by atoms with van der Waals surface area (Å²) in [6.45, 7) is 12.3. The highest BCUT2D eigenvalue weighted by atomic mass is 16.6. The molecule has 0 aromatic rings. The molecule has 0 aliphatic carbocycles. The Labute approximate surface area is 137 Å². The van der Waals surface area contributed by atoms with Crippen molar-refractivity contribution in [2.24, 2.45) is 10.7 Å². The summed E-state index contributed by atoms with van der Waals surface area (Å²) in [6, 6.07) is 0. The molecule has 0 aromatic carbocycles. The summed E-state index contributed by atoms with van der Waals surface area (Å²) in [5.41, 5.74) is 5.59. The van der Waals surface area contributed by atoms with Crippen molar-refractivity contribution in [3.63, 3.8) is 0 Å². The molecule has 0 saturated carbocycles. The number of ether oxygens (including phenoxy) is 3. The van der Waals surface area contributed by atoms with Crippen molar-refractivity contribution >= 4 is 5.84 Å². The number of aliphatic hydroxyl groups is 1. The van der Waals surface area contributed by atoms with Gasteiger partial charge in [-0.3, -0.25) is 0 Å². The second-order valence-electron chi connectivity index (χ2n) is 6.31. The van der Waals surface area contributed by atoms with E-state index in [1.165, 1.54) is 6.20 Å². The lowest BCUT2D eigenvalue weighted by atomic mass is 10.1. The van der Waals surface area contributed by atoms with Crippen LogP contribution in [0.2, 0.25) is 0 Å². The van der Waals surface area contributed by atoms with Gasteiger partial charge < -0.3 is 30.0 Å². The van der Waals surface area contributed by atoms with Crippen LogP contribution < -0.4 is 5.73 Å².